The first-order valence-corrected chi connectivity index (χ1v) is 9.75. The number of amides is 1. The fourth-order valence-corrected chi connectivity index (χ4v) is 4.70. The van der Waals surface area contributed by atoms with Crippen LogP contribution in [0.4, 0.5) is 5.82 Å². The minimum atomic E-state index is -0.303. The van der Waals surface area contributed by atoms with Gasteiger partial charge in [0.2, 0.25) is 5.91 Å². The monoisotopic (exact) mass is 387 g/mol. The fourth-order valence-electron chi connectivity index (χ4n) is 3.58. The molecule has 1 aromatic carbocycles. The molecule has 1 atom stereocenters. The predicted molar refractivity (Wildman–Crippen MR) is 107 cm³/mol. The SMILES string of the molecule is CC(C)n1[nH]c(=O)c2c1NC(=O)CS[C@@H]2c1ccc2c(c1)n(C)c(=O)n2C. The van der Waals surface area contributed by atoms with Crippen molar-refractivity contribution < 1.29 is 4.79 Å². The number of nitrogens with one attached hydrogen (secondary N) is 2. The fraction of sp³-hybridized carbons (Fsp3) is 0.389. The van der Waals surface area contributed by atoms with Gasteiger partial charge in [0, 0.05) is 20.1 Å². The number of hydrogen-bond donors (Lipinski definition) is 2. The zero-order chi connectivity index (χ0) is 19.5. The summed E-state index contributed by atoms with van der Waals surface area (Å²) in [6.45, 7) is 3.89. The Morgan fingerprint density at radius 1 is 1.11 bits per heavy atom. The zero-order valence-electron chi connectivity index (χ0n) is 15.6. The highest BCUT2D eigenvalue weighted by atomic mass is 32.2. The topological polar surface area (TPSA) is 93.8 Å². The molecule has 3 aromatic rings. The molecule has 8 nitrogen and oxygen atoms in total. The van der Waals surface area contributed by atoms with Gasteiger partial charge in [-0.05, 0) is 31.5 Å². The van der Waals surface area contributed by atoms with E-state index in [4.69, 9.17) is 0 Å². The molecular weight excluding hydrogens is 366 g/mol. The molecule has 4 rings (SSSR count). The maximum Gasteiger partial charge on any atom is 0.328 e. The van der Waals surface area contributed by atoms with Crippen molar-refractivity contribution in [3.8, 4) is 0 Å². The van der Waals surface area contributed by atoms with Gasteiger partial charge in [-0.15, -0.1) is 11.8 Å². The lowest BCUT2D eigenvalue weighted by Gasteiger charge is -2.15. The number of anilines is 1. The molecule has 1 aliphatic heterocycles. The van der Waals surface area contributed by atoms with Gasteiger partial charge in [-0.1, -0.05) is 6.07 Å². The minimum Gasteiger partial charge on any atom is -0.310 e. The molecule has 0 saturated heterocycles. The molecule has 0 bridgehead atoms. The third kappa shape index (κ3) is 2.64. The van der Waals surface area contributed by atoms with Crippen LogP contribution in [0.15, 0.2) is 27.8 Å². The molecule has 0 unspecified atom stereocenters. The summed E-state index contributed by atoms with van der Waals surface area (Å²) in [7, 11) is 3.46. The number of carbonyl (C=O) groups is 1. The average Bonchev–Trinajstić information content (AvgIpc) is 2.97. The Morgan fingerprint density at radius 2 is 1.81 bits per heavy atom. The number of benzene rings is 1. The van der Waals surface area contributed by atoms with Crippen LogP contribution in [0.5, 0.6) is 0 Å². The van der Waals surface area contributed by atoms with E-state index in [9.17, 15) is 14.4 Å². The number of rotatable bonds is 2. The molecule has 0 fully saturated rings. The second-order valence-corrected chi connectivity index (χ2v) is 8.15. The summed E-state index contributed by atoms with van der Waals surface area (Å²) in [4.78, 5) is 37.1. The van der Waals surface area contributed by atoms with Gasteiger partial charge in [0.05, 0.1) is 27.6 Å². The molecule has 1 amide bonds. The smallest absolute Gasteiger partial charge is 0.310 e. The zero-order valence-corrected chi connectivity index (χ0v) is 16.4. The number of hydrogen-bond acceptors (Lipinski definition) is 4. The van der Waals surface area contributed by atoms with Gasteiger partial charge >= 0.3 is 5.69 Å². The number of aromatic amines is 1. The van der Waals surface area contributed by atoms with Crippen LogP contribution < -0.4 is 16.6 Å². The molecule has 2 aromatic heterocycles. The van der Waals surface area contributed by atoms with E-state index in [1.54, 1.807) is 27.9 Å². The third-order valence-corrected chi connectivity index (χ3v) is 6.25. The van der Waals surface area contributed by atoms with E-state index < -0.39 is 0 Å². The van der Waals surface area contributed by atoms with Crippen molar-refractivity contribution in [3.05, 3.63) is 50.2 Å². The molecule has 0 aliphatic carbocycles. The van der Waals surface area contributed by atoms with Crippen molar-refractivity contribution in [2.24, 2.45) is 14.1 Å². The lowest BCUT2D eigenvalue weighted by atomic mass is 10.1. The molecule has 0 saturated carbocycles. The second-order valence-electron chi connectivity index (χ2n) is 7.05. The van der Waals surface area contributed by atoms with Crippen LogP contribution in [0.3, 0.4) is 0 Å². The Hall–Kier alpha value is -2.68. The molecule has 2 N–H and O–H groups in total. The molecule has 9 heteroatoms. The van der Waals surface area contributed by atoms with E-state index in [0.717, 1.165) is 16.6 Å². The van der Waals surface area contributed by atoms with Crippen LogP contribution in [0.2, 0.25) is 0 Å². The highest BCUT2D eigenvalue weighted by molar-refractivity contribution is 8.00. The summed E-state index contributed by atoms with van der Waals surface area (Å²) >= 11 is 1.41. The van der Waals surface area contributed by atoms with Gasteiger partial charge in [0.25, 0.3) is 5.56 Å². The molecule has 0 spiro atoms. The minimum absolute atomic E-state index is 0.00271. The van der Waals surface area contributed by atoms with E-state index in [1.807, 2.05) is 32.0 Å². The maximum atomic E-state index is 12.7. The first-order valence-electron chi connectivity index (χ1n) is 8.70. The second kappa shape index (κ2) is 6.19. The van der Waals surface area contributed by atoms with Crippen LogP contribution in [-0.2, 0) is 18.9 Å². The van der Waals surface area contributed by atoms with E-state index in [1.165, 1.54) is 11.8 Å². The Balaban J connectivity index is 1.94. The average molecular weight is 387 g/mol. The van der Waals surface area contributed by atoms with Crippen molar-refractivity contribution in [2.45, 2.75) is 25.1 Å². The van der Waals surface area contributed by atoms with Crippen LogP contribution in [-0.4, -0.2) is 30.6 Å². The third-order valence-electron chi connectivity index (χ3n) is 4.98. The van der Waals surface area contributed by atoms with Crippen molar-refractivity contribution in [3.63, 3.8) is 0 Å². The van der Waals surface area contributed by atoms with Crippen LogP contribution in [0.1, 0.15) is 36.3 Å². The van der Waals surface area contributed by atoms with Gasteiger partial charge in [0.15, 0.2) is 0 Å². The highest BCUT2D eigenvalue weighted by Gasteiger charge is 2.31. The Bertz CT molecular complexity index is 1180. The largest absolute Gasteiger partial charge is 0.328 e. The van der Waals surface area contributed by atoms with E-state index in [2.05, 4.69) is 10.4 Å². The van der Waals surface area contributed by atoms with Gasteiger partial charge in [-0.25, -0.2) is 4.79 Å². The molecule has 0 radical (unpaired) electrons. The first kappa shape index (κ1) is 17.7. The van der Waals surface area contributed by atoms with E-state index in [-0.39, 0.29) is 34.2 Å². The normalized spacial score (nSPS) is 17.2. The number of H-pyrrole nitrogens is 1. The van der Waals surface area contributed by atoms with Crippen LogP contribution >= 0.6 is 11.8 Å². The number of carbonyl (C=O) groups excluding carboxylic acids is 1. The number of fused-ring (bicyclic) bond motifs is 2. The number of aryl methyl sites for hydroxylation is 2. The van der Waals surface area contributed by atoms with Gasteiger partial charge in [0.1, 0.15) is 5.82 Å². The quantitative estimate of drug-likeness (QED) is 0.700. The molecule has 3 heterocycles. The lowest BCUT2D eigenvalue weighted by Crippen LogP contribution is -2.19. The number of nitrogens with zero attached hydrogens (tertiary/aromatic N) is 3. The summed E-state index contributed by atoms with van der Waals surface area (Å²) in [6, 6.07) is 5.74. The van der Waals surface area contributed by atoms with Gasteiger partial charge in [-0.2, -0.15) is 0 Å². The van der Waals surface area contributed by atoms with Crippen LogP contribution in [0.25, 0.3) is 11.0 Å². The maximum absolute atomic E-state index is 12.7. The predicted octanol–water partition coefficient (Wildman–Crippen LogP) is 1.72. The van der Waals surface area contributed by atoms with Gasteiger partial charge < -0.3 is 5.32 Å². The number of thioether (sulfide) groups is 1. The number of imidazole rings is 1. The molecule has 1 aliphatic rings. The van der Waals surface area contributed by atoms with Crippen molar-refractivity contribution in [1.82, 2.24) is 18.9 Å². The summed E-state index contributed by atoms with van der Waals surface area (Å²) in [5.41, 5.74) is 2.74. The Labute approximate surface area is 159 Å². The van der Waals surface area contributed by atoms with Gasteiger partial charge in [-0.3, -0.25) is 28.5 Å². The summed E-state index contributed by atoms with van der Waals surface area (Å²) in [6.07, 6.45) is 0. The standard InChI is InChI=1S/C18H21N5O3S/c1-9(2)23-16-14(17(25)20-23)15(27-8-13(24)19-16)10-5-6-11-12(7-10)22(4)18(26)21(11)3/h5-7,9,15H,8H2,1-4H3,(H,19,24)(H,20,25)/t15-/m1/s1. The van der Waals surface area contributed by atoms with Crippen molar-refractivity contribution >= 4 is 34.5 Å². The highest BCUT2D eigenvalue weighted by Crippen LogP contribution is 2.40. The summed E-state index contributed by atoms with van der Waals surface area (Å²) in [5, 5.41) is 5.40. The molecular formula is C18H21N5O3S. The van der Waals surface area contributed by atoms with E-state index in [0.29, 0.717) is 11.4 Å². The van der Waals surface area contributed by atoms with E-state index >= 15 is 0 Å². The Kier molecular flexibility index (Phi) is 4.06. The van der Waals surface area contributed by atoms with Crippen molar-refractivity contribution in [1.29, 1.82) is 0 Å². The Morgan fingerprint density at radius 3 is 2.52 bits per heavy atom. The molecule has 27 heavy (non-hydrogen) atoms. The van der Waals surface area contributed by atoms with Crippen LogP contribution in [0, 0.1) is 0 Å². The van der Waals surface area contributed by atoms with Crippen molar-refractivity contribution in [2.75, 3.05) is 11.1 Å². The lowest BCUT2D eigenvalue weighted by molar-refractivity contribution is -0.113. The summed E-state index contributed by atoms with van der Waals surface area (Å²) < 4.78 is 4.89. The number of aromatic nitrogens is 4. The summed E-state index contributed by atoms with van der Waals surface area (Å²) in [5.74, 6) is 0.644. The molecule has 142 valence electrons. The first-order chi connectivity index (χ1) is 12.8.